The van der Waals surface area contributed by atoms with Crippen LogP contribution in [0.25, 0.3) is 0 Å². The molecule has 0 spiro atoms. The summed E-state index contributed by atoms with van der Waals surface area (Å²) in [7, 11) is 4.19. The number of likely N-dealkylation sites (N-methyl/N-ethyl adjacent to an activating group) is 1. The molecule has 2 rings (SSSR count). The van der Waals surface area contributed by atoms with E-state index in [1.165, 1.54) is 12.8 Å². The van der Waals surface area contributed by atoms with Gasteiger partial charge in [-0.25, -0.2) is 4.98 Å². The maximum atomic E-state index is 10.9. The van der Waals surface area contributed by atoms with Crippen molar-refractivity contribution in [2.45, 2.75) is 70.6 Å². The van der Waals surface area contributed by atoms with Gasteiger partial charge in [0.25, 0.3) is 0 Å². The van der Waals surface area contributed by atoms with Crippen LogP contribution in [0.15, 0.2) is 6.33 Å². The predicted octanol–water partition coefficient (Wildman–Crippen LogP) is 2.10. The third-order valence-corrected chi connectivity index (χ3v) is 5.16. The van der Waals surface area contributed by atoms with Crippen molar-refractivity contribution in [2.24, 2.45) is 5.92 Å². The minimum Gasteiger partial charge on any atom is -0.391 e. The van der Waals surface area contributed by atoms with Gasteiger partial charge in [0.1, 0.15) is 12.2 Å². The average molecular weight is 294 g/mol. The fourth-order valence-corrected chi connectivity index (χ4v) is 3.55. The predicted molar refractivity (Wildman–Crippen MR) is 84.1 cm³/mol. The maximum Gasteiger partial charge on any atom is 0.138 e. The lowest BCUT2D eigenvalue weighted by molar-refractivity contribution is -0.0395. The lowest BCUT2D eigenvalue weighted by Gasteiger charge is -2.47. The molecule has 1 N–H and O–H groups in total. The van der Waals surface area contributed by atoms with E-state index in [0.717, 1.165) is 37.5 Å². The number of hydrogen-bond donors (Lipinski definition) is 1. The summed E-state index contributed by atoms with van der Waals surface area (Å²) in [6.45, 7) is 5.31. The highest BCUT2D eigenvalue weighted by Gasteiger charge is 2.42. The average Bonchev–Trinajstić information content (AvgIpc) is 2.87. The fourth-order valence-electron chi connectivity index (χ4n) is 3.55. The Morgan fingerprint density at radius 1 is 1.43 bits per heavy atom. The third-order valence-electron chi connectivity index (χ3n) is 5.16. The van der Waals surface area contributed by atoms with Crippen LogP contribution in [0.1, 0.15) is 51.8 Å². The molecule has 1 atom stereocenters. The molecule has 0 saturated heterocycles. The molecule has 5 nitrogen and oxygen atoms in total. The second-order valence-corrected chi connectivity index (χ2v) is 6.80. The van der Waals surface area contributed by atoms with Crippen molar-refractivity contribution in [2.75, 3.05) is 14.1 Å². The molecule has 1 aromatic rings. The molecule has 21 heavy (non-hydrogen) atoms. The molecule has 1 heterocycles. The van der Waals surface area contributed by atoms with E-state index in [1.54, 1.807) is 6.33 Å². The van der Waals surface area contributed by atoms with Gasteiger partial charge in [0.15, 0.2) is 0 Å². The molecule has 1 aliphatic rings. The Bertz CT molecular complexity index is 435. The largest absolute Gasteiger partial charge is 0.391 e. The van der Waals surface area contributed by atoms with Gasteiger partial charge in [-0.05, 0) is 52.1 Å². The smallest absolute Gasteiger partial charge is 0.138 e. The SMILES string of the molecule is CCCn1ncnc1CC(O)C1(N(C)C)CCC(C)CC1. The first-order valence-corrected chi connectivity index (χ1v) is 8.21. The topological polar surface area (TPSA) is 54.2 Å². The molecule has 0 aliphatic heterocycles. The Labute approximate surface area is 128 Å². The van der Waals surface area contributed by atoms with Crippen molar-refractivity contribution in [3.63, 3.8) is 0 Å². The Morgan fingerprint density at radius 2 is 2.10 bits per heavy atom. The molecule has 1 saturated carbocycles. The van der Waals surface area contributed by atoms with Crippen molar-refractivity contribution in [1.82, 2.24) is 19.7 Å². The third kappa shape index (κ3) is 3.46. The van der Waals surface area contributed by atoms with Crippen molar-refractivity contribution in [3.05, 3.63) is 12.2 Å². The molecule has 0 aromatic carbocycles. The van der Waals surface area contributed by atoms with Gasteiger partial charge in [-0.15, -0.1) is 0 Å². The van der Waals surface area contributed by atoms with E-state index in [1.807, 2.05) is 4.68 Å². The summed E-state index contributed by atoms with van der Waals surface area (Å²) in [4.78, 5) is 6.57. The number of aromatic nitrogens is 3. The van der Waals surface area contributed by atoms with Crippen LogP contribution in [0.5, 0.6) is 0 Å². The fraction of sp³-hybridized carbons (Fsp3) is 0.875. The number of rotatable bonds is 6. The molecule has 1 aromatic heterocycles. The van der Waals surface area contributed by atoms with Crippen molar-refractivity contribution in [1.29, 1.82) is 0 Å². The molecule has 120 valence electrons. The van der Waals surface area contributed by atoms with Crippen LogP contribution in [0, 0.1) is 5.92 Å². The van der Waals surface area contributed by atoms with E-state index in [0.29, 0.717) is 6.42 Å². The summed E-state index contributed by atoms with van der Waals surface area (Å²) in [6, 6.07) is 0. The zero-order chi connectivity index (χ0) is 15.5. The Morgan fingerprint density at radius 3 is 2.67 bits per heavy atom. The number of nitrogens with zero attached hydrogens (tertiary/aromatic N) is 4. The number of aryl methyl sites for hydroxylation is 1. The second-order valence-electron chi connectivity index (χ2n) is 6.80. The highest BCUT2D eigenvalue weighted by Crippen LogP contribution is 2.38. The molecule has 0 radical (unpaired) electrons. The molecule has 0 amide bonds. The van der Waals surface area contributed by atoms with Crippen LogP contribution in [-0.4, -0.2) is 50.5 Å². The van der Waals surface area contributed by atoms with Crippen LogP contribution < -0.4 is 0 Å². The summed E-state index contributed by atoms with van der Waals surface area (Å²) in [5, 5.41) is 15.2. The van der Waals surface area contributed by atoms with Gasteiger partial charge in [-0.3, -0.25) is 4.68 Å². The Hall–Kier alpha value is -0.940. The summed E-state index contributed by atoms with van der Waals surface area (Å²) >= 11 is 0. The van der Waals surface area contributed by atoms with Crippen LogP contribution in [0.4, 0.5) is 0 Å². The van der Waals surface area contributed by atoms with Crippen molar-refractivity contribution >= 4 is 0 Å². The first-order valence-electron chi connectivity index (χ1n) is 8.21. The van der Waals surface area contributed by atoms with E-state index >= 15 is 0 Å². The Balaban J connectivity index is 2.12. The van der Waals surface area contributed by atoms with Gasteiger partial charge in [-0.2, -0.15) is 5.10 Å². The second kappa shape index (κ2) is 6.88. The van der Waals surface area contributed by atoms with Gasteiger partial charge >= 0.3 is 0 Å². The highest BCUT2D eigenvalue weighted by molar-refractivity contribution is 5.02. The Kier molecular flexibility index (Phi) is 5.38. The van der Waals surface area contributed by atoms with Crippen molar-refractivity contribution in [3.8, 4) is 0 Å². The van der Waals surface area contributed by atoms with Gasteiger partial charge in [0, 0.05) is 18.5 Å². The molecule has 0 bridgehead atoms. The zero-order valence-corrected chi connectivity index (χ0v) is 13.9. The van der Waals surface area contributed by atoms with E-state index in [9.17, 15) is 5.11 Å². The van der Waals surface area contributed by atoms with Gasteiger partial charge in [-0.1, -0.05) is 13.8 Å². The van der Waals surface area contributed by atoms with E-state index in [2.05, 4.69) is 42.9 Å². The summed E-state index contributed by atoms with van der Waals surface area (Å²) < 4.78 is 1.93. The zero-order valence-electron chi connectivity index (χ0n) is 13.9. The van der Waals surface area contributed by atoms with Crippen LogP contribution in [0.2, 0.25) is 0 Å². The van der Waals surface area contributed by atoms with Crippen LogP contribution >= 0.6 is 0 Å². The van der Waals surface area contributed by atoms with E-state index < -0.39 is 0 Å². The summed E-state index contributed by atoms with van der Waals surface area (Å²) in [6.07, 6.45) is 7.33. The first kappa shape index (κ1) is 16.4. The number of aliphatic hydroxyl groups is 1. The van der Waals surface area contributed by atoms with E-state index in [4.69, 9.17) is 0 Å². The van der Waals surface area contributed by atoms with Crippen molar-refractivity contribution < 1.29 is 5.11 Å². The lowest BCUT2D eigenvalue weighted by Crippen LogP contribution is -2.56. The molecular formula is C16H30N4O. The summed E-state index contributed by atoms with van der Waals surface area (Å²) in [5.74, 6) is 1.68. The highest BCUT2D eigenvalue weighted by atomic mass is 16.3. The summed E-state index contributed by atoms with van der Waals surface area (Å²) in [5.41, 5.74) is -0.116. The van der Waals surface area contributed by atoms with Crippen LogP contribution in [0.3, 0.4) is 0 Å². The van der Waals surface area contributed by atoms with Gasteiger partial charge in [0.05, 0.1) is 6.10 Å². The minimum atomic E-state index is -0.389. The molecular weight excluding hydrogens is 264 g/mol. The minimum absolute atomic E-state index is 0.116. The maximum absolute atomic E-state index is 10.9. The number of aliphatic hydroxyl groups excluding tert-OH is 1. The quantitative estimate of drug-likeness (QED) is 0.873. The standard InChI is InChI=1S/C16H30N4O/c1-5-10-20-15(17-12-18-20)11-14(21)16(19(3)4)8-6-13(2)7-9-16/h12-14,21H,5-11H2,1-4H3. The van der Waals surface area contributed by atoms with Crippen LogP contribution in [-0.2, 0) is 13.0 Å². The molecule has 1 fully saturated rings. The number of hydrogen-bond acceptors (Lipinski definition) is 4. The lowest BCUT2D eigenvalue weighted by atomic mass is 9.72. The monoisotopic (exact) mass is 294 g/mol. The van der Waals surface area contributed by atoms with E-state index in [-0.39, 0.29) is 11.6 Å². The molecule has 1 aliphatic carbocycles. The normalized spacial score (nSPS) is 28.0. The van der Waals surface area contributed by atoms with Gasteiger partial charge in [0.2, 0.25) is 0 Å². The first-order chi connectivity index (χ1) is 9.99. The molecule has 5 heteroatoms. The van der Waals surface area contributed by atoms with Gasteiger partial charge < -0.3 is 10.0 Å². The molecule has 1 unspecified atom stereocenters.